The highest BCUT2D eigenvalue weighted by Crippen LogP contribution is 2.28. The smallest absolute Gasteiger partial charge is 0.191 e. The van der Waals surface area contributed by atoms with Crippen molar-refractivity contribution in [3.05, 3.63) is 0 Å². The molecule has 1 atom stereocenters. The lowest BCUT2D eigenvalue weighted by atomic mass is 9.90. The van der Waals surface area contributed by atoms with Crippen LogP contribution in [0.25, 0.3) is 0 Å². The molecule has 106 valence electrons. The number of rotatable bonds is 7. The first kappa shape index (κ1) is 15.3. The number of nitrogens with two attached hydrogens (primary N) is 1. The van der Waals surface area contributed by atoms with Gasteiger partial charge in [0.15, 0.2) is 5.96 Å². The minimum Gasteiger partial charge on any atom is -0.370 e. The number of aliphatic imine (C=N–C) groups is 1. The Labute approximate surface area is 112 Å². The van der Waals surface area contributed by atoms with Crippen LogP contribution >= 0.6 is 0 Å². The van der Waals surface area contributed by atoms with E-state index in [4.69, 9.17) is 5.73 Å². The molecule has 0 aliphatic carbocycles. The van der Waals surface area contributed by atoms with Crippen molar-refractivity contribution in [2.45, 2.75) is 46.6 Å². The second kappa shape index (κ2) is 6.41. The van der Waals surface area contributed by atoms with Crippen molar-refractivity contribution in [1.82, 2.24) is 9.80 Å². The lowest BCUT2D eigenvalue weighted by molar-refractivity contribution is 0.163. The van der Waals surface area contributed by atoms with Crippen molar-refractivity contribution in [2.75, 3.05) is 32.7 Å². The molecule has 0 spiro atoms. The van der Waals surface area contributed by atoms with E-state index in [1.54, 1.807) is 0 Å². The van der Waals surface area contributed by atoms with Gasteiger partial charge < -0.3 is 15.5 Å². The van der Waals surface area contributed by atoms with Gasteiger partial charge in [-0.05, 0) is 32.4 Å². The molecule has 1 aliphatic rings. The molecule has 0 aromatic carbocycles. The van der Waals surface area contributed by atoms with Gasteiger partial charge in [-0.25, -0.2) is 0 Å². The van der Waals surface area contributed by atoms with Gasteiger partial charge >= 0.3 is 0 Å². The lowest BCUT2D eigenvalue weighted by Gasteiger charge is -2.38. The number of likely N-dealkylation sites (N-methyl/N-ethyl adjacent to an activating group) is 1. The molecule has 0 aromatic heterocycles. The Hall–Kier alpha value is -0.770. The Morgan fingerprint density at radius 3 is 2.50 bits per heavy atom. The number of guanidine groups is 1. The third-order valence-corrected chi connectivity index (χ3v) is 3.89. The molecule has 1 rings (SSSR count). The first-order valence-corrected chi connectivity index (χ1v) is 7.22. The van der Waals surface area contributed by atoms with E-state index in [1.165, 1.54) is 0 Å². The van der Waals surface area contributed by atoms with Crippen molar-refractivity contribution < 1.29 is 0 Å². The minimum atomic E-state index is 0.116. The van der Waals surface area contributed by atoms with E-state index in [-0.39, 0.29) is 5.54 Å². The zero-order valence-corrected chi connectivity index (χ0v) is 12.7. The second-order valence-corrected chi connectivity index (χ2v) is 5.95. The van der Waals surface area contributed by atoms with Crippen LogP contribution in [0.4, 0.5) is 0 Å². The Morgan fingerprint density at radius 2 is 2.00 bits per heavy atom. The van der Waals surface area contributed by atoms with Gasteiger partial charge in [-0.1, -0.05) is 27.7 Å². The first-order valence-electron chi connectivity index (χ1n) is 7.22. The van der Waals surface area contributed by atoms with Gasteiger partial charge in [-0.15, -0.1) is 0 Å². The summed E-state index contributed by atoms with van der Waals surface area (Å²) in [6, 6.07) is 0. The predicted octanol–water partition coefficient (Wildman–Crippen LogP) is 1.76. The number of nitrogens with zero attached hydrogens (tertiary/aromatic N) is 3. The molecule has 0 saturated carbocycles. The molecule has 0 fully saturated rings. The van der Waals surface area contributed by atoms with Gasteiger partial charge in [-0.3, -0.25) is 4.99 Å². The molecule has 1 aliphatic heterocycles. The van der Waals surface area contributed by atoms with Crippen LogP contribution < -0.4 is 5.73 Å². The molecule has 18 heavy (non-hydrogen) atoms. The van der Waals surface area contributed by atoms with E-state index in [1.807, 2.05) is 0 Å². The minimum absolute atomic E-state index is 0.116. The van der Waals surface area contributed by atoms with Gasteiger partial charge in [0.05, 0.1) is 12.1 Å². The molecular formula is C14H30N4. The average molecular weight is 254 g/mol. The molecular weight excluding hydrogens is 224 g/mol. The molecule has 1 unspecified atom stereocenters. The maximum absolute atomic E-state index is 6.06. The van der Waals surface area contributed by atoms with Crippen molar-refractivity contribution in [3.63, 3.8) is 0 Å². The van der Waals surface area contributed by atoms with Gasteiger partial charge in [-0.2, -0.15) is 0 Å². The van der Waals surface area contributed by atoms with Crippen LogP contribution in [0.3, 0.4) is 0 Å². The van der Waals surface area contributed by atoms with Crippen LogP contribution in [0.2, 0.25) is 0 Å². The highest BCUT2D eigenvalue weighted by atomic mass is 15.4. The van der Waals surface area contributed by atoms with Crippen molar-refractivity contribution in [2.24, 2.45) is 16.6 Å². The molecule has 0 saturated heterocycles. The Bertz CT molecular complexity index is 284. The summed E-state index contributed by atoms with van der Waals surface area (Å²) in [6.45, 7) is 16.3. The third-order valence-electron chi connectivity index (χ3n) is 3.89. The fourth-order valence-electron chi connectivity index (χ4n) is 2.92. The molecule has 0 amide bonds. The molecule has 1 heterocycles. The molecule has 0 radical (unpaired) electrons. The number of hydrogen-bond donors (Lipinski definition) is 1. The molecule has 0 bridgehead atoms. The molecule has 4 heteroatoms. The molecule has 2 N–H and O–H groups in total. The van der Waals surface area contributed by atoms with Crippen molar-refractivity contribution in [3.8, 4) is 0 Å². The van der Waals surface area contributed by atoms with Crippen molar-refractivity contribution >= 4 is 5.96 Å². The van der Waals surface area contributed by atoms with E-state index >= 15 is 0 Å². The highest BCUT2D eigenvalue weighted by molar-refractivity contribution is 5.80. The predicted molar refractivity (Wildman–Crippen MR) is 78.8 cm³/mol. The standard InChI is InChI=1S/C14H30N4/c1-6-17(7-2)8-9-18-13(15)16-11-14(18,5)10-12(3)4/h12H,6-11H2,1-5H3,(H2,15,16). The van der Waals surface area contributed by atoms with Crippen LogP contribution in [-0.2, 0) is 0 Å². The Balaban J connectivity index is 2.61. The van der Waals surface area contributed by atoms with E-state index in [2.05, 4.69) is 49.4 Å². The first-order chi connectivity index (χ1) is 8.42. The van der Waals surface area contributed by atoms with Crippen LogP contribution in [0.1, 0.15) is 41.0 Å². The second-order valence-electron chi connectivity index (χ2n) is 5.95. The lowest BCUT2D eigenvalue weighted by Crippen LogP contribution is -2.52. The van der Waals surface area contributed by atoms with E-state index in [0.29, 0.717) is 5.92 Å². The van der Waals surface area contributed by atoms with Gasteiger partial charge in [0.2, 0.25) is 0 Å². The molecule has 0 aromatic rings. The third kappa shape index (κ3) is 3.61. The Kier molecular flexibility index (Phi) is 5.45. The fourth-order valence-corrected chi connectivity index (χ4v) is 2.92. The van der Waals surface area contributed by atoms with Crippen LogP contribution in [0.15, 0.2) is 4.99 Å². The zero-order valence-electron chi connectivity index (χ0n) is 12.7. The summed E-state index contributed by atoms with van der Waals surface area (Å²) in [4.78, 5) is 9.20. The summed E-state index contributed by atoms with van der Waals surface area (Å²) in [6.07, 6.45) is 1.15. The maximum atomic E-state index is 6.06. The summed E-state index contributed by atoms with van der Waals surface area (Å²) < 4.78 is 0. The van der Waals surface area contributed by atoms with E-state index < -0.39 is 0 Å². The summed E-state index contributed by atoms with van der Waals surface area (Å²) in [5.41, 5.74) is 6.17. The quantitative estimate of drug-likeness (QED) is 0.753. The van der Waals surface area contributed by atoms with Gasteiger partial charge in [0.1, 0.15) is 0 Å². The Morgan fingerprint density at radius 1 is 1.39 bits per heavy atom. The van der Waals surface area contributed by atoms with Crippen LogP contribution in [0.5, 0.6) is 0 Å². The summed E-state index contributed by atoms with van der Waals surface area (Å²) in [7, 11) is 0. The highest BCUT2D eigenvalue weighted by Gasteiger charge is 2.37. The van der Waals surface area contributed by atoms with Crippen molar-refractivity contribution in [1.29, 1.82) is 0 Å². The average Bonchev–Trinajstić information content (AvgIpc) is 2.56. The topological polar surface area (TPSA) is 44.9 Å². The summed E-state index contributed by atoms with van der Waals surface area (Å²) in [5.74, 6) is 1.40. The largest absolute Gasteiger partial charge is 0.370 e. The van der Waals surface area contributed by atoms with E-state index in [0.717, 1.165) is 45.1 Å². The van der Waals surface area contributed by atoms with E-state index in [9.17, 15) is 0 Å². The normalized spacial score (nSPS) is 24.2. The summed E-state index contributed by atoms with van der Waals surface area (Å²) in [5, 5.41) is 0. The van der Waals surface area contributed by atoms with Crippen LogP contribution in [-0.4, -0.2) is 54.0 Å². The summed E-state index contributed by atoms with van der Waals surface area (Å²) >= 11 is 0. The van der Waals surface area contributed by atoms with Gasteiger partial charge in [0, 0.05) is 13.1 Å². The number of hydrogen-bond acceptors (Lipinski definition) is 4. The van der Waals surface area contributed by atoms with Crippen LogP contribution in [0, 0.1) is 5.92 Å². The maximum Gasteiger partial charge on any atom is 0.191 e. The molecule has 4 nitrogen and oxygen atoms in total. The zero-order chi connectivity index (χ0) is 13.8. The monoisotopic (exact) mass is 254 g/mol. The fraction of sp³-hybridized carbons (Fsp3) is 0.929. The SMILES string of the molecule is CCN(CC)CCN1C(N)=NCC1(C)CC(C)C. The van der Waals surface area contributed by atoms with Gasteiger partial charge in [0.25, 0.3) is 0 Å².